The van der Waals surface area contributed by atoms with Crippen LogP contribution in [0.1, 0.15) is 44.0 Å². The van der Waals surface area contributed by atoms with Crippen molar-refractivity contribution in [2.45, 2.75) is 38.5 Å². The largest absolute Gasteiger partial charge is 0.506 e. The Bertz CT molecular complexity index is 1030. The quantitative estimate of drug-likeness (QED) is 0.358. The maximum Gasteiger partial charge on any atom is 0.242 e. The number of hydrogen-bond acceptors (Lipinski definition) is 7. The molecule has 9 nitrogen and oxygen atoms in total. The number of amides is 1. The van der Waals surface area contributed by atoms with Gasteiger partial charge in [0.25, 0.3) is 0 Å². The van der Waals surface area contributed by atoms with Crippen molar-refractivity contribution in [1.29, 1.82) is 0 Å². The number of methoxy groups -OCH3 is 1. The molecule has 0 aromatic heterocycles. The fraction of sp³-hybridized carbons (Fsp3) is 0.409. The third-order valence-corrected chi connectivity index (χ3v) is 5.02. The van der Waals surface area contributed by atoms with Gasteiger partial charge in [-0.05, 0) is 56.2 Å². The lowest BCUT2D eigenvalue weighted by atomic mass is 10.0. The molecule has 0 bridgehead atoms. The van der Waals surface area contributed by atoms with Gasteiger partial charge < -0.3 is 20.3 Å². The Morgan fingerprint density at radius 3 is 2.22 bits per heavy atom. The number of sulfonamides is 1. The molecule has 0 unspecified atom stereocenters. The molecule has 2 aromatic carbocycles. The van der Waals surface area contributed by atoms with Crippen LogP contribution in [0.5, 0.6) is 11.5 Å². The van der Waals surface area contributed by atoms with Crippen LogP contribution >= 0.6 is 0 Å². The highest BCUT2D eigenvalue weighted by Gasteiger charge is 2.25. The summed E-state index contributed by atoms with van der Waals surface area (Å²) in [5, 5.41) is 26.5. The first kappa shape index (κ1) is 25.4. The summed E-state index contributed by atoms with van der Waals surface area (Å²) in [6, 6.07) is 10.4. The normalized spacial score (nSPS) is 13.8. The van der Waals surface area contributed by atoms with Gasteiger partial charge >= 0.3 is 0 Å². The number of aliphatic hydroxyl groups is 1. The Labute approximate surface area is 188 Å². The minimum atomic E-state index is -3.61. The monoisotopic (exact) mass is 465 g/mol. The molecule has 0 spiro atoms. The predicted octanol–water partition coefficient (Wildman–Crippen LogP) is 2.05. The SMILES string of the molecule is COc1ccc([C@H](NC[C@H](O)c2ccc(O)c(NS(C)(=O)=O)c2)C(=O)NC(C)(C)C)cc1. The van der Waals surface area contributed by atoms with Gasteiger partial charge in [0, 0.05) is 12.1 Å². The van der Waals surface area contributed by atoms with Crippen LogP contribution < -0.4 is 20.1 Å². The fourth-order valence-corrected chi connectivity index (χ4v) is 3.55. The van der Waals surface area contributed by atoms with E-state index in [9.17, 15) is 23.4 Å². The number of carbonyl (C=O) groups is 1. The molecule has 0 fully saturated rings. The van der Waals surface area contributed by atoms with Crippen molar-refractivity contribution in [3.63, 3.8) is 0 Å². The molecule has 2 aromatic rings. The van der Waals surface area contributed by atoms with Crippen LogP contribution in [0.15, 0.2) is 42.5 Å². The van der Waals surface area contributed by atoms with Crippen molar-refractivity contribution in [2.75, 3.05) is 24.6 Å². The zero-order valence-corrected chi connectivity index (χ0v) is 19.7. The minimum absolute atomic E-state index is 0.00263. The number of aliphatic hydroxyl groups excluding tert-OH is 1. The van der Waals surface area contributed by atoms with Gasteiger partial charge in [-0.3, -0.25) is 14.8 Å². The van der Waals surface area contributed by atoms with E-state index >= 15 is 0 Å². The summed E-state index contributed by atoms with van der Waals surface area (Å²) >= 11 is 0. The molecule has 2 rings (SSSR count). The molecule has 0 aliphatic heterocycles. The van der Waals surface area contributed by atoms with E-state index in [2.05, 4.69) is 15.4 Å². The van der Waals surface area contributed by atoms with Crippen molar-refractivity contribution in [3.8, 4) is 11.5 Å². The molecule has 0 radical (unpaired) electrons. The summed E-state index contributed by atoms with van der Waals surface area (Å²) < 4.78 is 30.4. The van der Waals surface area contributed by atoms with Crippen molar-refractivity contribution >= 4 is 21.6 Å². The second-order valence-corrected chi connectivity index (χ2v) is 10.3. The lowest BCUT2D eigenvalue weighted by Gasteiger charge is -2.27. The maximum absolute atomic E-state index is 12.9. The molecule has 1 amide bonds. The van der Waals surface area contributed by atoms with E-state index in [1.54, 1.807) is 31.4 Å². The molecular weight excluding hydrogens is 434 g/mol. The maximum atomic E-state index is 12.9. The summed E-state index contributed by atoms with van der Waals surface area (Å²) in [6.45, 7) is 5.62. The van der Waals surface area contributed by atoms with E-state index in [-0.39, 0.29) is 23.9 Å². The predicted molar refractivity (Wildman–Crippen MR) is 123 cm³/mol. The number of nitrogens with one attached hydrogen (secondary N) is 3. The number of benzene rings is 2. The van der Waals surface area contributed by atoms with Gasteiger partial charge in [-0.1, -0.05) is 18.2 Å². The molecule has 0 aliphatic carbocycles. The Balaban J connectivity index is 2.22. The van der Waals surface area contributed by atoms with Crippen LogP contribution in [-0.2, 0) is 14.8 Å². The first-order valence-corrected chi connectivity index (χ1v) is 11.9. The van der Waals surface area contributed by atoms with Crippen LogP contribution in [0.25, 0.3) is 0 Å². The number of rotatable bonds is 9. The summed E-state index contributed by atoms with van der Waals surface area (Å²) in [7, 11) is -2.06. The number of anilines is 1. The summed E-state index contributed by atoms with van der Waals surface area (Å²) in [6.07, 6.45) is -0.108. The number of phenolic OH excluding ortho intramolecular Hbond substituents is 1. The van der Waals surface area contributed by atoms with Gasteiger partial charge in [-0.2, -0.15) is 0 Å². The number of hydrogen-bond donors (Lipinski definition) is 5. The molecule has 2 atom stereocenters. The summed E-state index contributed by atoms with van der Waals surface area (Å²) in [5.41, 5.74) is 0.558. The van der Waals surface area contributed by atoms with Crippen molar-refractivity contribution < 1.29 is 28.2 Å². The average Bonchev–Trinajstić information content (AvgIpc) is 2.67. The third kappa shape index (κ3) is 7.70. The second-order valence-electron chi connectivity index (χ2n) is 8.52. The molecule has 0 saturated heterocycles. The third-order valence-electron chi connectivity index (χ3n) is 4.43. The van der Waals surface area contributed by atoms with Gasteiger partial charge in [-0.25, -0.2) is 8.42 Å². The van der Waals surface area contributed by atoms with E-state index in [0.717, 1.165) is 6.26 Å². The van der Waals surface area contributed by atoms with E-state index < -0.39 is 27.7 Å². The van der Waals surface area contributed by atoms with E-state index in [1.165, 1.54) is 18.2 Å². The Kier molecular flexibility index (Phi) is 8.11. The lowest BCUT2D eigenvalue weighted by molar-refractivity contribution is -0.124. The average molecular weight is 466 g/mol. The lowest BCUT2D eigenvalue weighted by Crippen LogP contribution is -2.47. The minimum Gasteiger partial charge on any atom is -0.506 e. The first-order chi connectivity index (χ1) is 14.8. The highest BCUT2D eigenvalue weighted by Crippen LogP contribution is 2.28. The van der Waals surface area contributed by atoms with Gasteiger partial charge in [0.15, 0.2) is 0 Å². The summed E-state index contributed by atoms with van der Waals surface area (Å²) in [5.74, 6) is 0.124. The van der Waals surface area contributed by atoms with Crippen LogP contribution in [-0.4, -0.2) is 50.0 Å². The van der Waals surface area contributed by atoms with Crippen molar-refractivity contribution in [3.05, 3.63) is 53.6 Å². The van der Waals surface area contributed by atoms with Crippen LogP contribution in [0.3, 0.4) is 0 Å². The standard InChI is InChI=1S/C22H31N3O6S/c1-22(2,3)24-21(28)20(14-6-9-16(31-4)10-7-14)23-13-19(27)15-8-11-18(26)17(12-15)25-32(5,29)30/h6-12,19-20,23,25-27H,13H2,1-5H3,(H,24,28)/t19-,20-/m0/s1. The number of carbonyl (C=O) groups excluding carboxylic acids is 1. The van der Waals surface area contributed by atoms with Gasteiger partial charge in [0.05, 0.1) is 25.2 Å². The highest BCUT2D eigenvalue weighted by molar-refractivity contribution is 7.92. The number of phenols is 1. The number of ether oxygens (including phenoxy) is 1. The van der Waals surface area contributed by atoms with E-state index in [4.69, 9.17) is 4.74 Å². The molecule has 176 valence electrons. The molecule has 0 heterocycles. The number of aromatic hydroxyl groups is 1. The molecular formula is C22H31N3O6S. The topological polar surface area (TPSA) is 137 Å². The zero-order valence-electron chi connectivity index (χ0n) is 18.8. The van der Waals surface area contributed by atoms with Crippen molar-refractivity contribution in [1.82, 2.24) is 10.6 Å². The van der Waals surface area contributed by atoms with Crippen molar-refractivity contribution in [2.24, 2.45) is 0 Å². The molecule has 0 saturated carbocycles. The zero-order chi connectivity index (χ0) is 24.1. The highest BCUT2D eigenvalue weighted by atomic mass is 32.2. The molecule has 32 heavy (non-hydrogen) atoms. The van der Waals surface area contributed by atoms with Crippen LogP contribution in [0.2, 0.25) is 0 Å². The Morgan fingerprint density at radius 1 is 1.09 bits per heavy atom. The Hall–Kier alpha value is -2.82. The smallest absolute Gasteiger partial charge is 0.242 e. The van der Waals surface area contributed by atoms with Gasteiger partial charge in [-0.15, -0.1) is 0 Å². The van der Waals surface area contributed by atoms with Gasteiger partial charge in [0.1, 0.15) is 17.5 Å². The van der Waals surface area contributed by atoms with Crippen LogP contribution in [0, 0.1) is 0 Å². The van der Waals surface area contributed by atoms with Gasteiger partial charge in [0.2, 0.25) is 15.9 Å². The van der Waals surface area contributed by atoms with E-state index in [1.807, 2.05) is 20.8 Å². The molecule has 5 N–H and O–H groups in total. The molecule has 10 heteroatoms. The van der Waals surface area contributed by atoms with Crippen LogP contribution in [0.4, 0.5) is 5.69 Å². The summed E-state index contributed by atoms with van der Waals surface area (Å²) in [4.78, 5) is 12.9. The van der Waals surface area contributed by atoms with E-state index in [0.29, 0.717) is 16.9 Å². The first-order valence-electron chi connectivity index (χ1n) is 9.97. The second kappa shape index (κ2) is 10.2. The molecule has 0 aliphatic rings. The fourth-order valence-electron chi connectivity index (χ4n) is 2.99. The Morgan fingerprint density at radius 2 is 1.69 bits per heavy atom.